The van der Waals surface area contributed by atoms with Crippen LogP contribution >= 0.6 is 15.9 Å². The molecule has 110 valence electrons. The minimum atomic E-state index is 0.903. The highest BCUT2D eigenvalue weighted by atomic mass is 79.9. The molecule has 0 aromatic heterocycles. The van der Waals surface area contributed by atoms with Crippen LogP contribution < -0.4 is 0 Å². The Kier molecular flexibility index (Phi) is 4.39. The molecular formula is C20H18BrN. The number of rotatable bonds is 3. The van der Waals surface area contributed by atoms with E-state index in [2.05, 4.69) is 84.4 Å². The lowest BCUT2D eigenvalue weighted by Gasteiger charge is -2.11. The van der Waals surface area contributed by atoms with Gasteiger partial charge in [0.15, 0.2) is 0 Å². The molecule has 0 N–H and O–H groups in total. The second-order valence-corrected chi connectivity index (χ2v) is 6.19. The Balaban J connectivity index is 2.20. The highest BCUT2D eigenvalue weighted by molar-refractivity contribution is 9.10. The van der Waals surface area contributed by atoms with E-state index in [-0.39, 0.29) is 0 Å². The van der Waals surface area contributed by atoms with Gasteiger partial charge in [0, 0.05) is 15.7 Å². The lowest BCUT2D eigenvalue weighted by atomic mass is 9.99. The molecule has 0 aliphatic rings. The van der Waals surface area contributed by atoms with Crippen molar-refractivity contribution in [1.29, 1.82) is 0 Å². The molecule has 0 saturated carbocycles. The normalized spacial score (nSPS) is 11.9. The van der Waals surface area contributed by atoms with E-state index in [0.29, 0.717) is 0 Å². The van der Waals surface area contributed by atoms with Crippen LogP contribution in [0.15, 0.2) is 70.1 Å². The van der Waals surface area contributed by atoms with Gasteiger partial charge in [-0.05, 0) is 41.8 Å². The molecule has 0 spiro atoms. The van der Waals surface area contributed by atoms with Crippen molar-refractivity contribution in [1.82, 2.24) is 0 Å². The molecule has 22 heavy (non-hydrogen) atoms. The molecule has 0 amide bonds. The van der Waals surface area contributed by atoms with Gasteiger partial charge in [-0.3, -0.25) is 4.99 Å². The van der Waals surface area contributed by atoms with Crippen molar-refractivity contribution in [3.8, 4) is 0 Å². The van der Waals surface area contributed by atoms with Crippen LogP contribution in [0.25, 0.3) is 10.8 Å². The summed E-state index contributed by atoms with van der Waals surface area (Å²) in [6.45, 7) is 4.26. The standard InChI is InChI=1S/C20H18BrN/c1-3-19(22-20-11-7-4-8-14(20)2)17-12-13-18(21)16-10-6-5-9-15(16)17/h4-13H,3H2,1-2H3. The summed E-state index contributed by atoms with van der Waals surface area (Å²) in [4.78, 5) is 4.93. The average molecular weight is 352 g/mol. The zero-order valence-corrected chi connectivity index (χ0v) is 14.4. The minimum absolute atomic E-state index is 0.903. The topological polar surface area (TPSA) is 12.4 Å². The van der Waals surface area contributed by atoms with Gasteiger partial charge in [0.1, 0.15) is 0 Å². The average Bonchev–Trinajstić information content (AvgIpc) is 2.55. The maximum absolute atomic E-state index is 4.93. The van der Waals surface area contributed by atoms with E-state index >= 15 is 0 Å². The van der Waals surface area contributed by atoms with E-state index in [1.807, 2.05) is 6.07 Å². The fourth-order valence-electron chi connectivity index (χ4n) is 2.68. The van der Waals surface area contributed by atoms with E-state index in [4.69, 9.17) is 4.99 Å². The summed E-state index contributed by atoms with van der Waals surface area (Å²) in [6, 6.07) is 21.0. The first-order valence-corrected chi connectivity index (χ1v) is 8.31. The summed E-state index contributed by atoms with van der Waals surface area (Å²) >= 11 is 3.64. The number of hydrogen-bond donors (Lipinski definition) is 0. The van der Waals surface area contributed by atoms with Gasteiger partial charge < -0.3 is 0 Å². The largest absolute Gasteiger partial charge is 0.253 e. The number of benzene rings is 3. The molecular weight excluding hydrogens is 334 g/mol. The molecule has 3 aromatic carbocycles. The molecule has 1 nitrogen and oxygen atoms in total. The van der Waals surface area contributed by atoms with E-state index in [0.717, 1.165) is 22.3 Å². The second kappa shape index (κ2) is 6.45. The molecule has 0 heterocycles. The second-order valence-electron chi connectivity index (χ2n) is 5.34. The lowest BCUT2D eigenvalue weighted by Crippen LogP contribution is -2.00. The Morgan fingerprint density at radius 1 is 0.909 bits per heavy atom. The SMILES string of the molecule is CCC(=Nc1ccccc1C)c1ccc(Br)c2ccccc12. The van der Waals surface area contributed by atoms with Gasteiger partial charge in [-0.25, -0.2) is 0 Å². The van der Waals surface area contributed by atoms with Crippen LogP contribution in [-0.4, -0.2) is 5.71 Å². The Bertz CT molecular complexity index is 849. The number of hydrogen-bond acceptors (Lipinski definition) is 1. The number of aryl methyl sites for hydroxylation is 1. The van der Waals surface area contributed by atoms with Gasteiger partial charge in [0.05, 0.1) is 5.69 Å². The summed E-state index contributed by atoms with van der Waals surface area (Å²) in [5.41, 5.74) is 4.59. The summed E-state index contributed by atoms with van der Waals surface area (Å²) in [6.07, 6.45) is 0.903. The summed E-state index contributed by atoms with van der Waals surface area (Å²) in [5.74, 6) is 0. The van der Waals surface area contributed by atoms with Gasteiger partial charge >= 0.3 is 0 Å². The third kappa shape index (κ3) is 2.84. The maximum atomic E-state index is 4.93. The van der Waals surface area contributed by atoms with Crippen LogP contribution in [0, 0.1) is 6.92 Å². The molecule has 0 atom stereocenters. The Morgan fingerprint density at radius 2 is 1.59 bits per heavy atom. The van der Waals surface area contributed by atoms with E-state index in [1.54, 1.807) is 0 Å². The fourth-order valence-corrected chi connectivity index (χ4v) is 3.16. The highest BCUT2D eigenvalue weighted by Gasteiger charge is 2.09. The first-order valence-electron chi connectivity index (χ1n) is 7.51. The third-order valence-electron chi connectivity index (χ3n) is 3.89. The Morgan fingerprint density at radius 3 is 2.32 bits per heavy atom. The minimum Gasteiger partial charge on any atom is -0.253 e. The maximum Gasteiger partial charge on any atom is 0.0662 e. The summed E-state index contributed by atoms with van der Waals surface area (Å²) < 4.78 is 1.12. The summed E-state index contributed by atoms with van der Waals surface area (Å²) in [5, 5.41) is 2.47. The fraction of sp³-hybridized carbons (Fsp3) is 0.150. The lowest BCUT2D eigenvalue weighted by molar-refractivity contribution is 1.26. The van der Waals surface area contributed by atoms with Crippen molar-refractivity contribution in [2.24, 2.45) is 4.99 Å². The van der Waals surface area contributed by atoms with E-state index < -0.39 is 0 Å². The van der Waals surface area contributed by atoms with Crippen LogP contribution in [0.2, 0.25) is 0 Å². The van der Waals surface area contributed by atoms with Crippen LogP contribution in [-0.2, 0) is 0 Å². The Hall–Kier alpha value is -1.93. The molecule has 0 unspecified atom stereocenters. The molecule has 0 saturated heterocycles. The zero-order valence-electron chi connectivity index (χ0n) is 12.8. The van der Waals surface area contributed by atoms with Gasteiger partial charge in [-0.15, -0.1) is 0 Å². The molecule has 0 fully saturated rings. The Labute approximate surface area is 139 Å². The zero-order chi connectivity index (χ0) is 15.5. The van der Waals surface area contributed by atoms with Crippen molar-refractivity contribution in [3.63, 3.8) is 0 Å². The smallest absolute Gasteiger partial charge is 0.0662 e. The molecule has 0 bridgehead atoms. The third-order valence-corrected chi connectivity index (χ3v) is 4.58. The van der Waals surface area contributed by atoms with Gasteiger partial charge in [0.25, 0.3) is 0 Å². The van der Waals surface area contributed by atoms with Crippen LogP contribution in [0.1, 0.15) is 24.5 Å². The molecule has 2 heteroatoms. The first kappa shape index (κ1) is 15.0. The van der Waals surface area contributed by atoms with Crippen LogP contribution in [0.3, 0.4) is 0 Å². The van der Waals surface area contributed by atoms with E-state index in [1.165, 1.54) is 21.9 Å². The number of fused-ring (bicyclic) bond motifs is 1. The number of nitrogens with zero attached hydrogens (tertiary/aromatic N) is 1. The van der Waals surface area contributed by atoms with Gasteiger partial charge in [0.2, 0.25) is 0 Å². The predicted octanol–water partition coefficient (Wildman–Crippen LogP) is 6.44. The van der Waals surface area contributed by atoms with Crippen molar-refractivity contribution in [2.75, 3.05) is 0 Å². The quantitative estimate of drug-likeness (QED) is 0.481. The predicted molar refractivity (Wildman–Crippen MR) is 99.3 cm³/mol. The molecule has 3 aromatic rings. The molecule has 3 rings (SSSR count). The number of halogens is 1. The number of aliphatic imine (C=N–C) groups is 1. The van der Waals surface area contributed by atoms with E-state index in [9.17, 15) is 0 Å². The summed E-state index contributed by atoms with van der Waals surface area (Å²) in [7, 11) is 0. The van der Waals surface area contributed by atoms with Crippen molar-refractivity contribution in [2.45, 2.75) is 20.3 Å². The van der Waals surface area contributed by atoms with Gasteiger partial charge in [-0.1, -0.05) is 71.4 Å². The highest BCUT2D eigenvalue weighted by Crippen LogP contribution is 2.29. The number of para-hydroxylation sites is 1. The van der Waals surface area contributed by atoms with Crippen molar-refractivity contribution >= 4 is 38.1 Å². The molecule has 0 aliphatic carbocycles. The van der Waals surface area contributed by atoms with Crippen LogP contribution in [0.5, 0.6) is 0 Å². The van der Waals surface area contributed by atoms with Crippen LogP contribution in [0.4, 0.5) is 5.69 Å². The first-order chi connectivity index (χ1) is 10.7. The molecule has 0 radical (unpaired) electrons. The van der Waals surface area contributed by atoms with Crippen molar-refractivity contribution in [3.05, 3.63) is 76.3 Å². The molecule has 0 aliphatic heterocycles. The van der Waals surface area contributed by atoms with Gasteiger partial charge in [-0.2, -0.15) is 0 Å². The van der Waals surface area contributed by atoms with Crippen molar-refractivity contribution < 1.29 is 0 Å². The monoisotopic (exact) mass is 351 g/mol.